The van der Waals surface area contributed by atoms with Gasteiger partial charge in [0.1, 0.15) is 16.6 Å². The van der Waals surface area contributed by atoms with Gasteiger partial charge >= 0.3 is 0 Å². The molecule has 0 aliphatic carbocycles. The quantitative estimate of drug-likeness (QED) is 0.240. The SMILES string of the molecule is Cc1nc(-c2ccccc2)sc1C(=O)CSc1nc(-c2ccc3c(c2)OCO3)c(C#N)c(=O)[nH]1. The van der Waals surface area contributed by atoms with E-state index in [9.17, 15) is 14.9 Å². The van der Waals surface area contributed by atoms with Crippen LogP contribution in [0.25, 0.3) is 21.8 Å². The first-order chi connectivity index (χ1) is 16.5. The number of H-pyrrole nitrogens is 1. The van der Waals surface area contributed by atoms with Crippen LogP contribution in [-0.4, -0.2) is 33.3 Å². The number of fused-ring (bicyclic) bond motifs is 1. The molecule has 1 N–H and O–H groups in total. The number of carbonyl (C=O) groups excluding carboxylic acids is 1. The Balaban J connectivity index is 1.39. The number of nitrogens with one attached hydrogen (secondary N) is 1. The van der Waals surface area contributed by atoms with Gasteiger partial charge in [-0.2, -0.15) is 5.26 Å². The largest absolute Gasteiger partial charge is 0.454 e. The average molecular weight is 489 g/mol. The Labute approximate surface area is 202 Å². The first kappa shape index (κ1) is 21.9. The summed E-state index contributed by atoms with van der Waals surface area (Å²) in [4.78, 5) is 37.6. The van der Waals surface area contributed by atoms with E-state index in [1.54, 1.807) is 25.1 Å². The number of ether oxygens (including phenoxy) is 2. The minimum absolute atomic E-state index is 0.0622. The van der Waals surface area contributed by atoms with Crippen LogP contribution < -0.4 is 15.0 Å². The van der Waals surface area contributed by atoms with Gasteiger partial charge in [0.2, 0.25) is 6.79 Å². The number of ketones is 1. The Morgan fingerprint density at radius 3 is 2.74 bits per heavy atom. The molecule has 8 nitrogen and oxygen atoms in total. The van der Waals surface area contributed by atoms with E-state index in [1.807, 2.05) is 36.4 Å². The van der Waals surface area contributed by atoms with Gasteiger partial charge in [0.15, 0.2) is 22.4 Å². The normalized spacial score (nSPS) is 11.9. The Bertz CT molecular complexity index is 1510. The number of hydrogen-bond donors (Lipinski definition) is 1. The first-order valence-electron chi connectivity index (χ1n) is 10.2. The fourth-order valence-electron chi connectivity index (χ4n) is 3.44. The van der Waals surface area contributed by atoms with Gasteiger partial charge in [-0.15, -0.1) is 11.3 Å². The van der Waals surface area contributed by atoms with Gasteiger partial charge in [-0.25, -0.2) is 9.97 Å². The summed E-state index contributed by atoms with van der Waals surface area (Å²) in [6.45, 7) is 1.92. The molecule has 0 amide bonds. The van der Waals surface area contributed by atoms with E-state index < -0.39 is 5.56 Å². The first-order valence-corrected chi connectivity index (χ1v) is 12.0. The van der Waals surface area contributed by atoms with E-state index in [2.05, 4.69) is 15.0 Å². The second-order valence-electron chi connectivity index (χ2n) is 7.29. The smallest absolute Gasteiger partial charge is 0.270 e. The summed E-state index contributed by atoms with van der Waals surface area (Å²) in [5, 5.41) is 10.5. The molecule has 1 aliphatic rings. The van der Waals surface area contributed by atoms with E-state index in [-0.39, 0.29) is 34.7 Å². The number of carbonyl (C=O) groups is 1. The Morgan fingerprint density at radius 1 is 1.15 bits per heavy atom. The van der Waals surface area contributed by atoms with E-state index in [0.29, 0.717) is 27.6 Å². The molecule has 0 spiro atoms. The molecule has 0 fully saturated rings. The number of nitrogens with zero attached hydrogens (tertiary/aromatic N) is 3. The molecule has 3 heterocycles. The minimum atomic E-state index is -0.569. The molecule has 5 rings (SSSR count). The molecule has 1 aliphatic heterocycles. The summed E-state index contributed by atoms with van der Waals surface area (Å²) in [7, 11) is 0. The van der Waals surface area contributed by atoms with Crippen LogP contribution in [-0.2, 0) is 0 Å². The van der Waals surface area contributed by atoms with Crippen LogP contribution in [0.2, 0.25) is 0 Å². The lowest BCUT2D eigenvalue weighted by Gasteiger charge is -2.07. The van der Waals surface area contributed by atoms with Crippen molar-refractivity contribution < 1.29 is 14.3 Å². The average Bonchev–Trinajstić information content (AvgIpc) is 3.48. The Hall–Kier alpha value is -3.94. The number of aromatic nitrogens is 3. The zero-order valence-electron chi connectivity index (χ0n) is 17.8. The van der Waals surface area contributed by atoms with Crippen molar-refractivity contribution in [3.8, 4) is 39.4 Å². The molecule has 168 valence electrons. The number of thioether (sulfide) groups is 1. The molecular formula is C24H16N4O4S2. The molecule has 0 saturated heterocycles. The molecule has 0 unspecified atom stereocenters. The van der Waals surface area contributed by atoms with Gasteiger partial charge < -0.3 is 14.5 Å². The summed E-state index contributed by atoms with van der Waals surface area (Å²) < 4.78 is 10.7. The van der Waals surface area contributed by atoms with Crippen molar-refractivity contribution in [2.45, 2.75) is 12.1 Å². The molecule has 0 radical (unpaired) electrons. The number of benzene rings is 2. The second kappa shape index (κ2) is 9.13. The van der Waals surface area contributed by atoms with Crippen LogP contribution >= 0.6 is 23.1 Å². The Kier molecular flexibility index (Phi) is 5.88. The van der Waals surface area contributed by atoms with Gasteiger partial charge in [-0.1, -0.05) is 42.1 Å². The maximum atomic E-state index is 12.9. The summed E-state index contributed by atoms with van der Waals surface area (Å²) >= 11 is 2.44. The number of aromatic amines is 1. The van der Waals surface area contributed by atoms with Crippen LogP contribution in [0, 0.1) is 18.3 Å². The van der Waals surface area contributed by atoms with E-state index in [0.717, 1.165) is 22.3 Å². The van der Waals surface area contributed by atoms with Crippen molar-refractivity contribution in [2.24, 2.45) is 0 Å². The van der Waals surface area contributed by atoms with Crippen molar-refractivity contribution in [3.05, 3.63) is 75.0 Å². The lowest BCUT2D eigenvalue weighted by molar-refractivity contribution is 0.102. The molecule has 4 aromatic rings. The van der Waals surface area contributed by atoms with Crippen molar-refractivity contribution in [1.29, 1.82) is 5.26 Å². The van der Waals surface area contributed by atoms with Crippen LogP contribution in [0.15, 0.2) is 58.5 Å². The van der Waals surface area contributed by atoms with Crippen LogP contribution in [0.4, 0.5) is 0 Å². The second-order valence-corrected chi connectivity index (χ2v) is 9.25. The highest BCUT2D eigenvalue weighted by Gasteiger charge is 2.20. The number of thiazole rings is 1. The number of rotatable bonds is 6. The third-order valence-corrected chi connectivity index (χ3v) is 7.19. The lowest BCUT2D eigenvalue weighted by atomic mass is 10.1. The Morgan fingerprint density at radius 2 is 1.94 bits per heavy atom. The molecular weight excluding hydrogens is 472 g/mol. The molecule has 2 aromatic carbocycles. The maximum Gasteiger partial charge on any atom is 0.270 e. The van der Waals surface area contributed by atoms with Crippen molar-refractivity contribution >= 4 is 28.9 Å². The molecule has 0 atom stereocenters. The highest BCUT2D eigenvalue weighted by Crippen LogP contribution is 2.36. The van der Waals surface area contributed by atoms with Crippen molar-refractivity contribution in [1.82, 2.24) is 15.0 Å². The van der Waals surface area contributed by atoms with Crippen LogP contribution in [0.3, 0.4) is 0 Å². The highest BCUT2D eigenvalue weighted by molar-refractivity contribution is 7.99. The van der Waals surface area contributed by atoms with Crippen molar-refractivity contribution in [2.75, 3.05) is 12.5 Å². The van der Waals surface area contributed by atoms with Crippen LogP contribution in [0.5, 0.6) is 11.5 Å². The standard InChI is InChI=1S/C24H16N4O4S2/c1-13-21(34-23(26-13)14-5-3-2-4-6-14)17(29)11-33-24-27-20(16(10-25)22(30)28-24)15-7-8-18-19(9-15)32-12-31-18/h2-9H,11-12H2,1H3,(H,27,28,30). The van der Waals surface area contributed by atoms with Gasteiger partial charge in [0.05, 0.1) is 22.0 Å². The zero-order valence-corrected chi connectivity index (χ0v) is 19.5. The molecule has 0 saturated carbocycles. The predicted octanol–water partition coefficient (Wildman–Crippen LogP) is 4.44. The number of nitriles is 1. The van der Waals surface area contributed by atoms with Gasteiger partial charge in [-0.05, 0) is 25.1 Å². The monoisotopic (exact) mass is 488 g/mol. The molecule has 10 heteroatoms. The zero-order chi connectivity index (χ0) is 23.7. The predicted molar refractivity (Wildman–Crippen MR) is 128 cm³/mol. The molecule has 0 bridgehead atoms. The summed E-state index contributed by atoms with van der Waals surface area (Å²) in [5.74, 6) is 1.05. The number of aryl methyl sites for hydroxylation is 1. The molecule has 2 aromatic heterocycles. The third-order valence-electron chi connectivity index (χ3n) is 5.07. The maximum absolute atomic E-state index is 12.9. The highest BCUT2D eigenvalue weighted by atomic mass is 32.2. The number of hydrogen-bond acceptors (Lipinski definition) is 9. The third kappa shape index (κ3) is 4.19. The van der Waals surface area contributed by atoms with Gasteiger partial charge in [0, 0.05) is 11.1 Å². The van der Waals surface area contributed by atoms with Crippen molar-refractivity contribution in [3.63, 3.8) is 0 Å². The molecule has 34 heavy (non-hydrogen) atoms. The summed E-state index contributed by atoms with van der Waals surface area (Å²) in [6.07, 6.45) is 0. The van der Waals surface area contributed by atoms with E-state index in [4.69, 9.17) is 9.47 Å². The topological polar surface area (TPSA) is 118 Å². The minimum Gasteiger partial charge on any atom is -0.454 e. The fraction of sp³-hybridized carbons (Fsp3) is 0.125. The fourth-order valence-corrected chi connectivity index (χ4v) is 5.27. The summed E-state index contributed by atoms with van der Waals surface area (Å²) in [5.41, 5.74) is 1.71. The van der Waals surface area contributed by atoms with E-state index in [1.165, 1.54) is 11.3 Å². The van der Waals surface area contributed by atoms with Crippen LogP contribution in [0.1, 0.15) is 20.9 Å². The van der Waals surface area contributed by atoms with Gasteiger partial charge in [-0.3, -0.25) is 9.59 Å². The van der Waals surface area contributed by atoms with Gasteiger partial charge in [0.25, 0.3) is 5.56 Å². The number of Topliss-reactive ketones (excluding diaryl/α,β-unsaturated/α-hetero) is 1. The van der Waals surface area contributed by atoms with E-state index >= 15 is 0 Å². The summed E-state index contributed by atoms with van der Waals surface area (Å²) in [6, 6.07) is 16.7. The lowest BCUT2D eigenvalue weighted by Crippen LogP contribution is -2.15.